The van der Waals surface area contributed by atoms with E-state index in [1.54, 1.807) is 18.5 Å². The molecule has 1 fully saturated rings. The summed E-state index contributed by atoms with van der Waals surface area (Å²) in [7, 11) is 0. The van der Waals surface area contributed by atoms with Gasteiger partial charge in [-0.05, 0) is 37.5 Å². The van der Waals surface area contributed by atoms with Crippen molar-refractivity contribution >= 4 is 5.97 Å². The van der Waals surface area contributed by atoms with Crippen molar-refractivity contribution in [2.24, 2.45) is 0 Å². The van der Waals surface area contributed by atoms with E-state index in [1.807, 2.05) is 25.1 Å². The average Bonchev–Trinajstić information content (AvgIpc) is 2.61. The summed E-state index contributed by atoms with van der Waals surface area (Å²) in [5.74, 6) is -0.875. The van der Waals surface area contributed by atoms with E-state index in [0.717, 1.165) is 42.9 Å². The number of carboxylic acid groups (broad SMARTS) is 1. The zero-order valence-corrected chi connectivity index (χ0v) is 14.4. The number of hydrogen-bond donors (Lipinski definition) is 1. The number of aromatic nitrogens is 2. The van der Waals surface area contributed by atoms with Crippen molar-refractivity contribution in [3.8, 4) is 0 Å². The van der Waals surface area contributed by atoms with Gasteiger partial charge in [-0.15, -0.1) is 0 Å². The molecular weight excluding hydrogens is 318 g/mol. The molecule has 1 aromatic carbocycles. The Morgan fingerprint density at radius 1 is 1.36 bits per heavy atom. The van der Waals surface area contributed by atoms with E-state index < -0.39 is 5.97 Å². The number of rotatable bonds is 6. The molecule has 1 aromatic heterocycles. The Kier molecular flexibility index (Phi) is 5.73. The summed E-state index contributed by atoms with van der Waals surface area (Å²) in [6, 6.07) is 9.20. The SMILES string of the molecule is Cc1cc(CC[C@H]2CN(Cc3ccccc3C(=O)O)CCO2)ncn1. The molecule has 6 heteroatoms. The third kappa shape index (κ3) is 4.84. The van der Waals surface area contributed by atoms with Crippen LogP contribution >= 0.6 is 0 Å². The number of aromatic carboxylic acids is 1. The molecule has 6 nitrogen and oxygen atoms in total. The number of benzene rings is 1. The minimum Gasteiger partial charge on any atom is -0.478 e. The second kappa shape index (κ2) is 8.18. The molecule has 132 valence electrons. The van der Waals surface area contributed by atoms with Gasteiger partial charge in [0.1, 0.15) is 6.33 Å². The van der Waals surface area contributed by atoms with E-state index in [-0.39, 0.29) is 6.10 Å². The molecule has 0 saturated carbocycles. The van der Waals surface area contributed by atoms with Crippen LogP contribution in [-0.2, 0) is 17.7 Å². The molecule has 1 aliphatic heterocycles. The second-order valence-corrected chi connectivity index (χ2v) is 6.38. The van der Waals surface area contributed by atoms with Crippen LogP contribution in [0.5, 0.6) is 0 Å². The summed E-state index contributed by atoms with van der Waals surface area (Å²) < 4.78 is 5.87. The lowest BCUT2D eigenvalue weighted by Gasteiger charge is -2.33. The third-order valence-electron chi connectivity index (χ3n) is 4.45. The summed E-state index contributed by atoms with van der Waals surface area (Å²) in [4.78, 5) is 22.0. The first kappa shape index (κ1) is 17.5. The predicted molar refractivity (Wildman–Crippen MR) is 93.5 cm³/mol. The highest BCUT2D eigenvalue weighted by atomic mass is 16.5. The summed E-state index contributed by atoms with van der Waals surface area (Å²) in [5, 5.41) is 9.32. The maximum absolute atomic E-state index is 11.4. The second-order valence-electron chi connectivity index (χ2n) is 6.38. The van der Waals surface area contributed by atoms with Gasteiger partial charge in [-0.3, -0.25) is 4.90 Å². The van der Waals surface area contributed by atoms with Gasteiger partial charge in [0.2, 0.25) is 0 Å². The van der Waals surface area contributed by atoms with Crippen LogP contribution in [0.25, 0.3) is 0 Å². The fourth-order valence-electron chi connectivity index (χ4n) is 3.16. The first-order valence-electron chi connectivity index (χ1n) is 8.54. The van der Waals surface area contributed by atoms with E-state index in [9.17, 15) is 9.90 Å². The molecule has 0 aliphatic carbocycles. The van der Waals surface area contributed by atoms with Crippen LogP contribution in [-0.4, -0.2) is 51.7 Å². The van der Waals surface area contributed by atoms with Gasteiger partial charge >= 0.3 is 5.97 Å². The minimum atomic E-state index is -0.875. The van der Waals surface area contributed by atoms with E-state index in [0.29, 0.717) is 18.7 Å². The topological polar surface area (TPSA) is 75.6 Å². The molecule has 0 spiro atoms. The number of ether oxygens (including phenoxy) is 1. The highest BCUT2D eigenvalue weighted by Gasteiger charge is 2.22. The summed E-state index contributed by atoms with van der Waals surface area (Å²) in [6.45, 7) is 4.89. The molecule has 2 heterocycles. The fraction of sp³-hybridized carbons (Fsp3) is 0.421. The molecule has 1 N–H and O–H groups in total. The maximum atomic E-state index is 11.4. The standard InChI is InChI=1S/C19H23N3O3/c1-14-10-16(21-13-20-14)6-7-17-12-22(8-9-25-17)11-15-4-2-3-5-18(15)19(23)24/h2-5,10,13,17H,6-9,11-12H2,1H3,(H,23,24)/t17-/m0/s1. The third-order valence-corrected chi connectivity index (χ3v) is 4.45. The number of aryl methyl sites for hydroxylation is 2. The summed E-state index contributed by atoms with van der Waals surface area (Å²) >= 11 is 0. The Morgan fingerprint density at radius 3 is 3.00 bits per heavy atom. The van der Waals surface area contributed by atoms with Crippen LogP contribution in [0.2, 0.25) is 0 Å². The largest absolute Gasteiger partial charge is 0.478 e. The summed E-state index contributed by atoms with van der Waals surface area (Å²) in [5.41, 5.74) is 3.23. The molecule has 0 radical (unpaired) electrons. The van der Waals surface area contributed by atoms with Gasteiger partial charge in [-0.2, -0.15) is 0 Å². The lowest BCUT2D eigenvalue weighted by molar-refractivity contribution is -0.0347. The highest BCUT2D eigenvalue weighted by Crippen LogP contribution is 2.17. The van der Waals surface area contributed by atoms with Crippen molar-refractivity contribution in [3.05, 3.63) is 59.2 Å². The predicted octanol–water partition coefficient (Wildman–Crippen LogP) is 2.32. The van der Waals surface area contributed by atoms with E-state index in [4.69, 9.17) is 4.74 Å². The number of carbonyl (C=O) groups is 1. The van der Waals surface area contributed by atoms with Crippen LogP contribution in [0.3, 0.4) is 0 Å². The normalized spacial score (nSPS) is 18.2. The van der Waals surface area contributed by atoms with Crippen molar-refractivity contribution in [1.29, 1.82) is 0 Å². The molecule has 1 aliphatic rings. The minimum absolute atomic E-state index is 0.140. The highest BCUT2D eigenvalue weighted by molar-refractivity contribution is 5.89. The molecule has 1 atom stereocenters. The number of morpholine rings is 1. The van der Waals surface area contributed by atoms with Crippen molar-refractivity contribution in [2.75, 3.05) is 19.7 Å². The Balaban J connectivity index is 1.57. The Hall–Kier alpha value is -2.31. The van der Waals surface area contributed by atoms with Gasteiger partial charge in [-0.25, -0.2) is 14.8 Å². The molecule has 2 aromatic rings. The van der Waals surface area contributed by atoms with Crippen molar-refractivity contribution in [3.63, 3.8) is 0 Å². The number of nitrogens with zero attached hydrogens (tertiary/aromatic N) is 3. The zero-order chi connectivity index (χ0) is 17.6. The van der Waals surface area contributed by atoms with Crippen molar-refractivity contribution in [1.82, 2.24) is 14.9 Å². The smallest absolute Gasteiger partial charge is 0.336 e. The summed E-state index contributed by atoms with van der Waals surface area (Å²) in [6.07, 6.45) is 3.49. The van der Waals surface area contributed by atoms with Gasteiger partial charge in [-0.1, -0.05) is 18.2 Å². The lowest BCUT2D eigenvalue weighted by Crippen LogP contribution is -2.42. The van der Waals surface area contributed by atoms with Gasteiger partial charge in [0.05, 0.1) is 18.3 Å². The lowest BCUT2D eigenvalue weighted by atomic mass is 10.1. The Bertz CT molecular complexity index is 735. The van der Waals surface area contributed by atoms with Crippen LogP contribution in [0, 0.1) is 6.92 Å². The monoisotopic (exact) mass is 341 g/mol. The molecular formula is C19H23N3O3. The Morgan fingerprint density at radius 2 is 2.20 bits per heavy atom. The first-order chi connectivity index (χ1) is 12.1. The van der Waals surface area contributed by atoms with Gasteiger partial charge in [0.15, 0.2) is 0 Å². The van der Waals surface area contributed by atoms with E-state index in [1.165, 1.54) is 0 Å². The fourth-order valence-corrected chi connectivity index (χ4v) is 3.16. The zero-order valence-electron chi connectivity index (χ0n) is 14.4. The molecule has 1 saturated heterocycles. The van der Waals surface area contributed by atoms with Crippen LogP contribution < -0.4 is 0 Å². The van der Waals surface area contributed by atoms with Crippen LogP contribution in [0.4, 0.5) is 0 Å². The van der Waals surface area contributed by atoms with Gasteiger partial charge in [0, 0.05) is 31.0 Å². The molecule has 25 heavy (non-hydrogen) atoms. The average molecular weight is 341 g/mol. The Labute approximate surface area is 147 Å². The molecule has 3 rings (SSSR count). The van der Waals surface area contributed by atoms with E-state index in [2.05, 4.69) is 14.9 Å². The molecule has 0 unspecified atom stereocenters. The van der Waals surface area contributed by atoms with Crippen molar-refractivity contribution < 1.29 is 14.6 Å². The van der Waals surface area contributed by atoms with Gasteiger partial charge in [0.25, 0.3) is 0 Å². The number of carboxylic acids is 1. The van der Waals surface area contributed by atoms with E-state index >= 15 is 0 Å². The number of hydrogen-bond acceptors (Lipinski definition) is 5. The maximum Gasteiger partial charge on any atom is 0.336 e. The molecule has 0 amide bonds. The first-order valence-corrected chi connectivity index (χ1v) is 8.54. The van der Waals surface area contributed by atoms with Crippen LogP contribution in [0.15, 0.2) is 36.7 Å². The van der Waals surface area contributed by atoms with Crippen molar-refractivity contribution in [2.45, 2.75) is 32.4 Å². The quantitative estimate of drug-likeness (QED) is 0.869. The van der Waals surface area contributed by atoms with Gasteiger partial charge < -0.3 is 9.84 Å². The molecule has 0 bridgehead atoms. The van der Waals surface area contributed by atoms with Crippen LogP contribution in [0.1, 0.15) is 33.7 Å².